The number of hydrogen-bond acceptors (Lipinski definition) is 4. The Hall–Kier alpha value is -3.06. The van der Waals surface area contributed by atoms with Gasteiger partial charge in [-0.25, -0.2) is 9.37 Å². The summed E-state index contributed by atoms with van der Waals surface area (Å²) in [5.74, 6) is -1.25. The van der Waals surface area contributed by atoms with Crippen LogP contribution in [0.1, 0.15) is 15.2 Å². The molecule has 26 heavy (non-hydrogen) atoms. The van der Waals surface area contributed by atoms with Gasteiger partial charge in [0.15, 0.2) is 5.13 Å². The van der Waals surface area contributed by atoms with Crippen LogP contribution < -0.4 is 10.6 Å². The van der Waals surface area contributed by atoms with E-state index in [1.165, 1.54) is 35.6 Å². The van der Waals surface area contributed by atoms with E-state index in [1.807, 2.05) is 37.3 Å². The second-order valence-corrected chi connectivity index (χ2v) is 6.73. The van der Waals surface area contributed by atoms with E-state index < -0.39 is 11.7 Å². The van der Waals surface area contributed by atoms with Gasteiger partial charge in [-0.2, -0.15) is 0 Å². The largest absolute Gasteiger partial charge is 0.343 e. The molecule has 5 nitrogen and oxygen atoms in total. The Morgan fingerprint density at radius 2 is 1.77 bits per heavy atom. The molecule has 1 aromatic heterocycles. The summed E-state index contributed by atoms with van der Waals surface area (Å²) in [5.41, 5.74) is 2.09. The van der Waals surface area contributed by atoms with E-state index in [1.54, 1.807) is 0 Å². The minimum atomic E-state index is -0.444. The van der Waals surface area contributed by atoms with E-state index in [4.69, 9.17) is 0 Å². The second-order valence-electron chi connectivity index (χ2n) is 5.53. The number of nitrogens with one attached hydrogen (secondary N) is 2. The van der Waals surface area contributed by atoms with E-state index in [-0.39, 0.29) is 18.0 Å². The lowest BCUT2D eigenvalue weighted by Crippen LogP contribution is -2.32. The number of anilines is 1. The molecule has 0 aliphatic rings. The minimum Gasteiger partial charge on any atom is -0.343 e. The first-order chi connectivity index (χ1) is 12.5. The molecule has 0 saturated heterocycles. The summed E-state index contributed by atoms with van der Waals surface area (Å²) < 4.78 is 12.9. The van der Waals surface area contributed by atoms with Crippen LogP contribution in [0.3, 0.4) is 0 Å². The van der Waals surface area contributed by atoms with Gasteiger partial charge < -0.3 is 10.6 Å². The highest BCUT2D eigenvalue weighted by Gasteiger charge is 2.13. The van der Waals surface area contributed by atoms with Crippen molar-refractivity contribution in [1.82, 2.24) is 10.3 Å². The molecule has 3 rings (SSSR count). The number of aromatic nitrogens is 1. The van der Waals surface area contributed by atoms with Gasteiger partial charge in [0.2, 0.25) is 5.91 Å². The molecule has 0 radical (unpaired) electrons. The molecule has 0 spiro atoms. The Balaban J connectivity index is 1.58. The van der Waals surface area contributed by atoms with Gasteiger partial charge in [0.25, 0.3) is 5.91 Å². The van der Waals surface area contributed by atoms with E-state index in [9.17, 15) is 14.0 Å². The van der Waals surface area contributed by atoms with E-state index in [0.717, 1.165) is 16.1 Å². The maximum Gasteiger partial charge on any atom is 0.251 e. The quantitative estimate of drug-likeness (QED) is 0.721. The molecule has 7 heteroatoms. The van der Waals surface area contributed by atoms with Crippen molar-refractivity contribution in [2.45, 2.75) is 6.92 Å². The van der Waals surface area contributed by atoms with Gasteiger partial charge in [-0.05, 0) is 31.2 Å². The summed E-state index contributed by atoms with van der Waals surface area (Å²) >= 11 is 1.37. The zero-order valence-corrected chi connectivity index (χ0v) is 14.8. The zero-order chi connectivity index (χ0) is 18.5. The molecule has 0 atom stereocenters. The summed E-state index contributed by atoms with van der Waals surface area (Å²) in [6, 6.07) is 14.8. The standard InChI is InChI=1S/C19H16FN3O2S/c1-12-17(13-5-3-2-4-6-13)23-19(26-12)22-16(24)11-21-18(25)14-7-9-15(20)10-8-14/h2-10H,11H2,1H3,(H,21,25)(H,22,23,24). The number of carbonyl (C=O) groups excluding carboxylic acids is 2. The van der Waals surface area contributed by atoms with Crippen molar-refractivity contribution >= 4 is 28.3 Å². The van der Waals surface area contributed by atoms with Crippen LogP contribution in [0.4, 0.5) is 9.52 Å². The molecule has 3 aromatic rings. The molecule has 0 bridgehead atoms. The van der Waals surface area contributed by atoms with E-state index >= 15 is 0 Å². The number of nitrogens with zero attached hydrogens (tertiary/aromatic N) is 1. The Bertz CT molecular complexity index is 924. The van der Waals surface area contributed by atoms with E-state index in [2.05, 4.69) is 15.6 Å². The smallest absolute Gasteiger partial charge is 0.251 e. The van der Waals surface area contributed by atoms with Crippen molar-refractivity contribution < 1.29 is 14.0 Å². The third-order valence-corrected chi connectivity index (χ3v) is 4.49. The Labute approximate surface area is 153 Å². The summed E-state index contributed by atoms with van der Waals surface area (Å²) in [7, 11) is 0. The number of thiazole rings is 1. The van der Waals surface area contributed by atoms with Gasteiger partial charge in [0.05, 0.1) is 12.2 Å². The molecule has 0 aliphatic heterocycles. The summed E-state index contributed by atoms with van der Waals surface area (Å²) in [5, 5.41) is 5.65. The average molecular weight is 369 g/mol. The van der Waals surface area contributed by atoms with Crippen molar-refractivity contribution in [2.75, 3.05) is 11.9 Å². The first-order valence-corrected chi connectivity index (χ1v) is 8.71. The number of halogens is 1. The number of hydrogen-bond donors (Lipinski definition) is 2. The highest BCUT2D eigenvalue weighted by atomic mass is 32.1. The topological polar surface area (TPSA) is 71.1 Å². The van der Waals surface area contributed by atoms with Gasteiger partial charge in [0.1, 0.15) is 5.82 Å². The molecule has 2 N–H and O–H groups in total. The predicted octanol–water partition coefficient (Wildman–Crippen LogP) is 3.63. The molecule has 0 unspecified atom stereocenters. The maximum atomic E-state index is 12.9. The number of amides is 2. The van der Waals surface area contributed by atoms with Gasteiger partial charge in [-0.3, -0.25) is 9.59 Å². The highest BCUT2D eigenvalue weighted by molar-refractivity contribution is 7.16. The number of benzene rings is 2. The molecule has 1 heterocycles. The normalized spacial score (nSPS) is 10.4. The van der Waals surface area contributed by atoms with Gasteiger partial charge in [-0.15, -0.1) is 11.3 Å². The Morgan fingerprint density at radius 3 is 2.46 bits per heavy atom. The predicted molar refractivity (Wildman–Crippen MR) is 99.6 cm³/mol. The lowest BCUT2D eigenvalue weighted by Gasteiger charge is -2.05. The number of aryl methyl sites for hydroxylation is 1. The first kappa shape index (κ1) is 17.8. The van der Waals surface area contributed by atoms with Crippen LogP contribution in [0.25, 0.3) is 11.3 Å². The molecule has 132 valence electrons. The molecule has 2 aromatic carbocycles. The monoisotopic (exact) mass is 369 g/mol. The zero-order valence-electron chi connectivity index (χ0n) is 14.0. The summed E-state index contributed by atoms with van der Waals surface area (Å²) in [4.78, 5) is 29.4. The van der Waals surface area contributed by atoms with Crippen LogP contribution >= 0.6 is 11.3 Å². The Kier molecular flexibility index (Phi) is 5.38. The lowest BCUT2D eigenvalue weighted by molar-refractivity contribution is -0.115. The van der Waals surface area contributed by atoms with Crippen LogP contribution in [-0.4, -0.2) is 23.3 Å². The third kappa shape index (κ3) is 4.31. The molecule has 0 aliphatic carbocycles. The first-order valence-electron chi connectivity index (χ1n) is 7.89. The molecule has 0 saturated carbocycles. The third-order valence-electron chi connectivity index (χ3n) is 3.61. The van der Waals surface area contributed by atoms with Crippen molar-refractivity contribution in [3.05, 3.63) is 70.9 Å². The fourth-order valence-electron chi connectivity index (χ4n) is 2.34. The van der Waals surface area contributed by atoms with Gasteiger partial charge in [-0.1, -0.05) is 30.3 Å². The van der Waals surface area contributed by atoms with Crippen molar-refractivity contribution in [2.24, 2.45) is 0 Å². The molecule has 2 amide bonds. The summed E-state index contributed by atoms with van der Waals surface area (Å²) in [6.45, 7) is 1.74. The van der Waals surface area contributed by atoms with Crippen molar-refractivity contribution in [1.29, 1.82) is 0 Å². The highest BCUT2D eigenvalue weighted by Crippen LogP contribution is 2.30. The Morgan fingerprint density at radius 1 is 1.08 bits per heavy atom. The van der Waals surface area contributed by atoms with Crippen LogP contribution in [0.2, 0.25) is 0 Å². The lowest BCUT2D eigenvalue weighted by atomic mass is 10.1. The number of rotatable bonds is 5. The molecule has 0 fully saturated rings. The van der Waals surface area contributed by atoms with Crippen LogP contribution in [0.5, 0.6) is 0 Å². The van der Waals surface area contributed by atoms with Crippen molar-refractivity contribution in [3.8, 4) is 11.3 Å². The van der Waals surface area contributed by atoms with E-state index in [0.29, 0.717) is 5.13 Å². The molecular formula is C19H16FN3O2S. The fourth-order valence-corrected chi connectivity index (χ4v) is 3.19. The summed E-state index contributed by atoms with van der Waals surface area (Å²) in [6.07, 6.45) is 0. The molecular weight excluding hydrogens is 353 g/mol. The minimum absolute atomic E-state index is 0.199. The SMILES string of the molecule is Cc1sc(NC(=O)CNC(=O)c2ccc(F)cc2)nc1-c1ccccc1. The second kappa shape index (κ2) is 7.88. The maximum absolute atomic E-state index is 12.9. The van der Waals surface area contributed by atoms with Gasteiger partial charge >= 0.3 is 0 Å². The van der Waals surface area contributed by atoms with Gasteiger partial charge in [0, 0.05) is 16.0 Å². The fraction of sp³-hybridized carbons (Fsp3) is 0.105. The number of carbonyl (C=O) groups is 2. The van der Waals surface area contributed by atoms with Crippen LogP contribution in [-0.2, 0) is 4.79 Å². The van der Waals surface area contributed by atoms with Crippen LogP contribution in [0, 0.1) is 12.7 Å². The average Bonchev–Trinajstić information content (AvgIpc) is 3.01. The van der Waals surface area contributed by atoms with Crippen LogP contribution in [0.15, 0.2) is 54.6 Å². The van der Waals surface area contributed by atoms with Crippen molar-refractivity contribution in [3.63, 3.8) is 0 Å².